The average molecular weight is 169 g/mol. The van der Waals surface area contributed by atoms with Crippen LogP contribution in [0.3, 0.4) is 0 Å². The lowest BCUT2D eigenvalue weighted by Gasteiger charge is -2.15. The summed E-state index contributed by atoms with van der Waals surface area (Å²) in [4.78, 5) is 0. The zero-order valence-electron chi connectivity index (χ0n) is 8.26. The number of hydrogen-bond acceptors (Lipinski definition) is 2. The molecule has 0 radical (unpaired) electrons. The van der Waals surface area contributed by atoms with Gasteiger partial charge in [-0.3, -0.25) is 0 Å². The van der Waals surface area contributed by atoms with E-state index in [2.05, 4.69) is 18.2 Å². The monoisotopic (exact) mass is 169 g/mol. The van der Waals surface area contributed by atoms with E-state index in [0.717, 1.165) is 19.4 Å². The Kier molecular flexibility index (Phi) is 6.84. The highest BCUT2D eigenvalue weighted by Crippen LogP contribution is 1.95. The molecule has 2 nitrogen and oxygen atoms in total. The molecule has 0 bridgehead atoms. The highest BCUT2D eigenvalue weighted by Gasteiger charge is 2.04. The Hall–Kier alpha value is -0.520. The van der Waals surface area contributed by atoms with Crippen molar-refractivity contribution in [1.82, 2.24) is 5.32 Å². The fourth-order valence-corrected chi connectivity index (χ4v) is 0.925. The minimum absolute atomic E-state index is 0.201. The molecule has 0 aromatic rings. The van der Waals surface area contributed by atoms with E-state index in [1.165, 1.54) is 0 Å². The molecule has 0 saturated carbocycles. The van der Waals surface area contributed by atoms with Crippen molar-refractivity contribution >= 4 is 0 Å². The lowest BCUT2D eigenvalue weighted by molar-refractivity contribution is 0.115. The van der Waals surface area contributed by atoms with Gasteiger partial charge in [-0.25, -0.2) is 0 Å². The van der Waals surface area contributed by atoms with Crippen molar-refractivity contribution in [2.24, 2.45) is 0 Å². The van der Waals surface area contributed by atoms with E-state index >= 15 is 0 Å². The van der Waals surface area contributed by atoms with E-state index in [4.69, 9.17) is 11.2 Å². The van der Waals surface area contributed by atoms with Crippen LogP contribution in [0.4, 0.5) is 0 Å². The molecule has 0 fully saturated rings. The average Bonchev–Trinajstić information content (AvgIpc) is 2.11. The van der Waals surface area contributed by atoms with Crippen molar-refractivity contribution in [3.8, 4) is 12.3 Å². The van der Waals surface area contributed by atoms with Crippen LogP contribution in [-0.4, -0.2) is 25.8 Å². The Morgan fingerprint density at radius 2 is 2.25 bits per heavy atom. The minimum atomic E-state index is 0.201. The van der Waals surface area contributed by atoms with Crippen molar-refractivity contribution in [3.63, 3.8) is 0 Å². The molecule has 0 heterocycles. The summed E-state index contributed by atoms with van der Waals surface area (Å²) >= 11 is 0. The third-order valence-corrected chi connectivity index (χ3v) is 1.83. The largest absolute Gasteiger partial charge is 0.380 e. The second kappa shape index (κ2) is 7.15. The van der Waals surface area contributed by atoms with Crippen molar-refractivity contribution in [2.75, 3.05) is 13.7 Å². The molecular weight excluding hydrogens is 150 g/mol. The third kappa shape index (κ3) is 5.17. The van der Waals surface area contributed by atoms with Crippen LogP contribution >= 0.6 is 0 Å². The number of ether oxygens (including phenoxy) is 1. The Morgan fingerprint density at radius 1 is 1.58 bits per heavy atom. The summed E-state index contributed by atoms with van der Waals surface area (Å²) in [5.74, 6) is 2.72. The summed E-state index contributed by atoms with van der Waals surface area (Å²) in [7, 11) is 1.71. The molecule has 0 aromatic carbocycles. The number of methoxy groups -OCH3 is 1. The smallest absolute Gasteiger partial charge is 0.0687 e. The van der Waals surface area contributed by atoms with Gasteiger partial charge in [-0.05, 0) is 13.3 Å². The van der Waals surface area contributed by atoms with E-state index < -0.39 is 0 Å². The summed E-state index contributed by atoms with van der Waals surface area (Å²) in [6, 6.07) is 0.201. The van der Waals surface area contributed by atoms with Crippen LogP contribution in [-0.2, 0) is 4.74 Å². The first-order valence-corrected chi connectivity index (χ1v) is 4.46. The molecule has 0 rings (SSSR count). The van der Waals surface area contributed by atoms with Gasteiger partial charge in [0, 0.05) is 13.7 Å². The topological polar surface area (TPSA) is 21.3 Å². The van der Waals surface area contributed by atoms with Crippen LogP contribution in [0.25, 0.3) is 0 Å². The maximum atomic E-state index is 5.33. The second-order valence-corrected chi connectivity index (χ2v) is 2.96. The fourth-order valence-electron chi connectivity index (χ4n) is 0.925. The molecule has 2 unspecified atom stereocenters. The summed E-state index contributed by atoms with van der Waals surface area (Å²) < 4.78 is 5.09. The standard InChI is InChI=1S/C10H19NO/c1-5-7-10(6-2)11-8-9(3)12-4/h2,9-11H,5,7-8H2,1,3-4H3. The molecule has 1 N–H and O–H groups in total. The Labute approximate surface area is 75.7 Å². The molecule has 2 atom stereocenters. The van der Waals surface area contributed by atoms with E-state index in [1.807, 2.05) is 6.92 Å². The molecule has 0 aliphatic carbocycles. The lowest BCUT2D eigenvalue weighted by Crippen LogP contribution is -2.34. The van der Waals surface area contributed by atoms with Crippen molar-refractivity contribution in [1.29, 1.82) is 0 Å². The molecule has 2 heteroatoms. The molecule has 0 saturated heterocycles. The maximum absolute atomic E-state index is 5.33. The molecule has 0 aliphatic heterocycles. The van der Waals surface area contributed by atoms with Crippen molar-refractivity contribution in [3.05, 3.63) is 0 Å². The number of nitrogens with one attached hydrogen (secondary N) is 1. The molecule has 0 aromatic heterocycles. The fraction of sp³-hybridized carbons (Fsp3) is 0.800. The van der Waals surface area contributed by atoms with Gasteiger partial charge in [0.25, 0.3) is 0 Å². The second-order valence-electron chi connectivity index (χ2n) is 2.96. The highest BCUT2D eigenvalue weighted by atomic mass is 16.5. The van der Waals surface area contributed by atoms with E-state index in [9.17, 15) is 0 Å². The van der Waals surface area contributed by atoms with Crippen LogP contribution < -0.4 is 5.32 Å². The maximum Gasteiger partial charge on any atom is 0.0687 e. The normalized spacial score (nSPS) is 15.2. The van der Waals surface area contributed by atoms with E-state index in [1.54, 1.807) is 7.11 Å². The summed E-state index contributed by atoms with van der Waals surface area (Å²) in [5.41, 5.74) is 0. The molecular formula is C10H19NO. The van der Waals surface area contributed by atoms with Gasteiger partial charge in [0.1, 0.15) is 0 Å². The van der Waals surface area contributed by atoms with Gasteiger partial charge in [-0.15, -0.1) is 6.42 Å². The summed E-state index contributed by atoms with van der Waals surface area (Å²) in [6.45, 7) is 4.98. The highest BCUT2D eigenvalue weighted by molar-refractivity contribution is 4.98. The Bertz CT molecular complexity index is 139. The summed E-state index contributed by atoms with van der Waals surface area (Å²) in [6.07, 6.45) is 7.72. The number of rotatable bonds is 6. The Morgan fingerprint density at radius 3 is 2.67 bits per heavy atom. The summed E-state index contributed by atoms with van der Waals surface area (Å²) in [5, 5.41) is 3.26. The first kappa shape index (κ1) is 11.5. The predicted octanol–water partition coefficient (Wildman–Crippen LogP) is 1.41. The van der Waals surface area contributed by atoms with Gasteiger partial charge < -0.3 is 10.1 Å². The van der Waals surface area contributed by atoms with Gasteiger partial charge in [0.2, 0.25) is 0 Å². The first-order chi connectivity index (χ1) is 5.74. The van der Waals surface area contributed by atoms with Crippen LogP contribution in [0.2, 0.25) is 0 Å². The van der Waals surface area contributed by atoms with Crippen molar-refractivity contribution in [2.45, 2.75) is 38.8 Å². The number of hydrogen-bond donors (Lipinski definition) is 1. The SMILES string of the molecule is C#CC(CCC)NCC(C)OC. The third-order valence-electron chi connectivity index (χ3n) is 1.83. The zero-order chi connectivity index (χ0) is 9.40. The van der Waals surface area contributed by atoms with E-state index in [-0.39, 0.29) is 12.1 Å². The number of terminal acetylenes is 1. The van der Waals surface area contributed by atoms with Crippen LogP contribution in [0.5, 0.6) is 0 Å². The lowest BCUT2D eigenvalue weighted by atomic mass is 10.2. The molecule has 70 valence electrons. The van der Waals surface area contributed by atoms with E-state index in [0.29, 0.717) is 0 Å². The van der Waals surface area contributed by atoms with Crippen molar-refractivity contribution < 1.29 is 4.74 Å². The minimum Gasteiger partial charge on any atom is -0.380 e. The zero-order valence-corrected chi connectivity index (χ0v) is 8.26. The molecule has 0 aliphatic rings. The van der Waals surface area contributed by atoms with Gasteiger partial charge in [0.15, 0.2) is 0 Å². The van der Waals surface area contributed by atoms with Gasteiger partial charge in [0.05, 0.1) is 12.1 Å². The van der Waals surface area contributed by atoms with Crippen LogP contribution in [0.1, 0.15) is 26.7 Å². The van der Waals surface area contributed by atoms with Gasteiger partial charge in [-0.1, -0.05) is 19.3 Å². The first-order valence-electron chi connectivity index (χ1n) is 4.46. The van der Waals surface area contributed by atoms with Gasteiger partial charge in [-0.2, -0.15) is 0 Å². The molecule has 12 heavy (non-hydrogen) atoms. The Balaban J connectivity index is 3.52. The molecule has 0 amide bonds. The molecule has 0 spiro atoms. The predicted molar refractivity (Wildman–Crippen MR) is 52.0 cm³/mol. The van der Waals surface area contributed by atoms with Gasteiger partial charge >= 0.3 is 0 Å². The quantitative estimate of drug-likeness (QED) is 0.607. The van der Waals surface area contributed by atoms with Crippen LogP contribution in [0.15, 0.2) is 0 Å². The van der Waals surface area contributed by atoms with Crippen LogP contribution in [0, 0.1) is 12.3 Å².